The van der Waals surface area contributed by atoms with Gasteiger partial charge in [0.05, 0.1) is 45.2 Å². The van der Waals surface area contributed by atoms with Gasteiger partial charge >= 0.3 is 0 Å². The zero-order valence-corrected chi connectivity index (χ0v) is 42.3. The van der Waals surface area contributed by atoms with E-state index in [9.17, 15) is 0 Å². The van der Waals surface area contributed by atoms with E-state index < -0.39 is 0 Å². The van der Waals surface area contributed by atoms with Gasteiger partial charge in [-0.25, -0.2) is 0 Å². The van der Waals surface area contributed by atoms with Crippen molar-refractivity contribution in [1.29, 1.82) is 0 Å². The van der Waals surface area contributed by atoms with Crippen LogP contribution in [0.3, 0.4) is 0 Å². The van der Waals surface area contributed by atoms with Crippen molar-refractivity contribution in [3.8, 4) is 0 Å². The number of allylic oxidation sites excluding steroid dienone is 3. The van der Waals surface area contributed by atoms with Gasteiger partial charge in [-0.15, -0.1) is 0 Å². The van der Waals surface area contributed by atoms with Gasteiger partial charge in [-0.05, 0) is 156 Å². The Morgan fingerprint density at radius 3 is 2.18 bits per heavy atom. The second-order valence-electron chi connectivity index (χ2n) is 22.6. The lowest BCUT2D eigenvalue weighted by atomic mass is 9.47. The highest BCUT2D eigenvalue weighted by atomic mass is 16.6. The van der Waals surface area contributed by atoms with E-state index in [1.807, 2.05) is 0 Å². The lowest BCUT2D eigenvalue weighted by molar-refractivity contribution is -0.0736. The molecule has 5 rings (SSSR count). The van der Waals surface area contributed by atoms with Crippen molar-refractivity contribution in [1.82, 2.24) is 4.90 Å². The fourth-order valence-corrected chi connectivity index (χ4v) is 13.8. The van der Waals surface area contributed by atoms with Crippen LogP contribution in [0.1, 0.15) is 222 Å². The second kappa shape index (κ2) is 28.5. The molecule has 0 radical (unpaired) electrons. The highest BCUT2D eigenvalue weighted by Gasteiger charge is 2.59. The molecule has 62 heavy (non-hydrogen) atoms. The molecule has 5 aliphatic rings. The Hall–Kier alpha value is -0.720. The van der Waals surface area contributed by atoms with Crippen LogP contribution in [0.15, 0.2) is 23.8 Å². The molecule has 3 saturated carbocycles. The molecule has 1 saturated heterocycles. The quantitative estimate of drug-likeness (QED) is 0.0485. The van der Waals surface area contributed by atoms with E-state index in [2.05, 4.69) is 71.6 Å². The molecule has 0 amide bonds. The summed E-state index contributed by atoms with van der Waals surface area (Å²) in [5, 5.41) is 0. The summed E-state index contributed by atoms with van der Waals surface area (Å²) in [7, 11) is 0. The Morgan fingerprint density at radius 1 is 0.726 bits per heavy atom. The van der Waals surface area contributed by atoms with Crippen molar-refractivity contribution in [3.05, 3.63) is 23.8 Å². The molecule has 0 aromatic carbocycles. The third kappa shape index (κ3) is 16.3. The molecular formula is C57H103NO4. The van der Waals surface area contributed by atoms with Crippen LogP contribution in [0.4, 0.5) is 0 Å². The molecule has 0 spiro atoms. The summed E-state index contributed by atoms with van der Waals surface area (Å²) in [4.78, 5) is 2.59. The average Bonchev–Trinajstić information content (AvgIpc) is 3.83. The van der Waals surface area contributed by atoms with Crippen molar-refractivity contribution < 1.29 is 18.9 Å². The highest BCUT2D eigenvalue weighted by molar-refractivity contribution is 5.25. The molecule has 4 fully saturated rings. The first-order valence-electron chi connectivity index (χ1n) is 27.6. The van der Waals surface area contributed by atoms with Crippen molar-refractivity contribution in [3.63, 3.8) is 0 Å². The summed E-state index contributed by atoms with van der Waals surface area (Å²) in [5.41, 5.74) is 2.68. The third-order valence-electron chi connectivity index (χ3n) is 17.7. The molecule has 1 aliphatic heterocycles. The maximum Gasteiger partial charge on any atom is 0.0936 e. The van der Waals surface area contributed by atoms with Crippen molar-refractivity contribution in [2.45, 2.75) is 240 Å². The van der Waals surface area contributed by atoms with Crippen LogP contribution in [0.25, 0.3) is 0 Å². The Labute approximate surface area is 385 Å². The molecule has 0 aromatic heterocycles. The molecule has 5 nitrogen and oxygen atoms in total. The summed E-state index contributed by atoms with van der Waals surface area (Å²) in [6.07, 6.45) is 44.4. The van der Waals surface area contributed by atoms with Gasteiger partial charge in [-0.3, -0.25) is 4.90 Å². The van der Waals surface area contributed by atoms with E-state index in [0.717, 1.165) is 61.5 Å². The fourth-order valence-electron chi connectivity index (χ4n) is 13.8. The topological polar surface area (TPSA) is 40.2 Å². The predicted octanol–water partition coefficient (Wildman–Crippen LogP) is 15.4. The Kier molecular flexibility index (Phi) is 24.0. The van der Waals surface area contributed by atoms with Crippen LogP contribution in [0.2, 0.25) is 0 Å². The Bertz CT molecular complexity index is 1250. The zero-order chi connectivity index (χ0) is 44.0. The van der Waals surface area contributed by atoms with E-state index in [0.29, 0.717) is 56.0 Å². The number of hydrogen-bond acceptors (Lipinski definition) is 5. The number of fused-ring (bicyclic) bond motifs is 5. The number of hydrogen-bond donors (Lipinski definition) is 0. The van der Waals surface area contributed by atoms with Gasteiger partial charge in [0, 0.05) is 19.2 Å². The summed E-state index contributed by atoms with van der Waals surface area (Å²) in [6.45, 7) is 23.7. The van der Waals surface area contributed by atoms with Crippen LogP contribution in [-0.2, 0) is 18.9 Å². The number of rotatable bonds is 33. The number of likely N-dealkylation sites (tertiary alicyclic amines) is 1. The summed E-state index contributed by atoms with van der Waals surface area (Å²) in [6, 6.07) is 0.644. The Balaban J connectivity index is 0.909. The van der Waals surface area contributed by atoms with Crippen molar-refractivity contribution in [2.75, 3.05) is 52.7 Å². The Morgan fingerprint density at radius 2 is 1.45 bits per heavy atom. The number of unbranched alkanes of at least 4 members (excludes halogenated alkanes) is 12. The van der Waals surface area contributed by atoms with Gasteiger partial charge in [0.15, 0.2) is 0 Å². The number of ether oxygens (including phenoxy) is 4. The van der Waals surface area contributed by atoms with E-state index in [4.69, 9.17) is 18.9 Å². The molecule has 10 atom stereocenters. The maximum atomic E-state index is 6.52. The fraction of sp³-hybridized carbons (Fsp3) is 0.930. The van der Waals surface area contributed by atoms with E-state index in [1.165, 1.54) is 167 Å². The minimum Gasteiger partial charge on any atom is -0.379 e. The standard InChI is InChI=1S/C57H103NO4/c1-8-9-10-11-12-13-14-15-16-17-18-19-20-21-22-23-38-60-45-51(44-58-37-25-28-48(58)5)62-42-40-59-39-41-61-50-33-35-56(6)49(43-50)29-30-52-54-32-31-53(47(4)27-24-26-46(2)3)57(54,7)36-34-55(52)56/h15-16,29,46-48,50-55H,8-14,17-28,30-45H2,1-7H3. The van der Waals surface area contributed by atoms with Crippen LogP contribution in [-0.4, -0.2) is 75.9 Å². The summed E-state index contributed by atoms with van der Waals surface area (Å²) in [5.74, 6) is 5.37. The van der Waals surface area contributed by atoms with Gasteiger partial charge in [0.2, 0.25) is 0 Å². The molecule has 0 bridgehead atoms. The minimum absolute atomic E-state index is 0.112. The monoisotopic (exact) mass is 866 g/mol. The molecule has 1 heterocycles. The smallest absolute Gasteiger partial charge is 0.0936 e. The first kappa shape index (κ1) is 52.3. The molecule has 5 heteroatoms. The van der Waals surface area contributed by atoms with Gasteiger partial charge < -0.3 is 18.9 Å². The summed E-state index contributed by atoms with van der Waals surface area (Å²) < 4.78 is 25.3. The van der Waals surface area contributed by atoms with Gasteiger partial charge in [-0.2, -0.15) is 0 Å². The van der Waals surface area contributed by atoms with E-state index >= 15 is 0 Å². The zero-order valence-electron chi connectivity index (χ0n) is 42.3. The first-order chi connectivity index (χ1) is 30.2. The predicted molar refractivity (Wildman–Crippen MR) is 264 cm³/mol. The molecule has 0 aromatic rings. The highest BCUT2D eigenvalue weighted by Crippen LogP contribution is 2.67. The van der Waals surface area contributed by atoms with Crippen LogP contribution >= 0.6 is 0 Å². The second-order valence-corrected chi connectivity index (χ2v) is 22.6. The largest absolute Gasteiger partial charge is 0.379 e. The molecular weight excluding hydrogens is 763 g/mol. The van der Waals surface area contributed by atoms with Crippen molar-refractivity contribution in [2.24, 2.45) is 46.3 Å². The molecule has 4 aliphatic carbocycles. The lowest BCUT2D eigenvalue weighted by Gasteiger charge is -2.58. The van der Waals surface area contributed by atoms with Gasteiger partial charge in [-0.1, -0.05) is 142 Å². The summed E-state index contributed by atoms with van der Waals surface area (Å²) >= 11 is 0. The molecule has 10 unspecified atom stereocenters. The first-order valence-corrected chi connectivity index (χ1v) is 27.6. The third-order valence-corrected chi connectivity index (χ3v) is 17.7. The maximum absolute atomic E-state index is 6.52. The molecule has 0 N–H and O–H groups in total. The minimum atomic E-state index is 0.112. The van der Waals surface area contributed by atoms with Crippen LogP contribution < -0.4 is 0 Å². The normalized spacial score (nSPS) is 31.1. The SMILES string of the molecule is CCCCCCCCC=CCCCCCCCCOCC(CN1CCCC1C)OCCOCCOC1CCC2(C)C(=CCC3C2CCC2(C)C(C(C)CCCC(C)C)CCC32)C1. The van der Waals surface area contributed by atoms with E-state index in [1.54, 1.807) is 5.57 Å². The average molecular weight is 866 g/mol. The van der Waals surface area contributed by atoms with E-state index in [-0.39, 0.29) is 6.10 Å². The molecule has 360 valence electrons. The van der Waals surface area contributed by atoms with Gasteiger partial charge in [0.1, 0.15) is 0 Å². The van der Waals surface area contributed by atoms with Gasteiger partial charge in [0.25, 0.3) is 0 Å². The van der Waals surface area contributed by atoms with Crippen LogP contribution in [0.5, 0.6) is 0 Å². The lowest BCUT2D eigenvalue weighted by Crippen LogP contribution is -2.51. The van der Waals surface area contributed by atoms with Crippen molar-refractivity contribution >= 4 is 0 Å². The van der Waals surface area contributed by atoms with Crippen LogP contribution in [0, 0.1) is 46.3 Å². The number of nitrogens with zero attached hydrogens (tertiary/aromatic N) is 1.